The summed E-state index contributed by atoms with van der Waals surface area (Å²) in [6, 6.07) is 6.60. The largest absolute Gasteiger partial charge is 0.504 e. The highest BCUT2D eigenvalue weighted by Crippen LogP contribution is 2.28. The lowest BCUT2D eigenvalue weighted by Gasteiger charge is -2.03. The molecule has 0 aliphatic rings. The average Bonchev–Trinajstić information content (AvgIpc) is 2.07. The molecule has 0 aliphatic heterocycles. The summed E-state index contributed by atoms with van der Waals surface area (Å²) in [6.45, 7) is -0.0655. The number of halogens is 1. The standard InChI is InChI=1S/C8H6BrNO2/c9-6-1-2-7(11)8(5-6)12-4-3-10/h1-2,5,11H,4H2. The van der Waals surface area contributed by atoms with Gasteiger partial charge in [-0.05, 0) is 18.2 Å². The highest BCUT2D eigenvalue weighted by atomic mass is 79.9. The fraction of sp³-hybridized carbons (Fsp3) is 0.125. The van der Waals surface area contributed by atoms with Gasteiger partial charge in [-0.25, -0.2) is 0 Å². The predicted octanol–water partition coefficient (Wildman–Crippen LogP) is 2.06. The molecule has 12 heavy (non-hydrogen) atoms. The lowest BCUT2D eigenvalue weighted by Crippen LogP contribution is -1.93. The monoisotopic (exact) mass is 227 g/mol. The van der Waals surface area contributed by atoms with Gasteiger partial charge in [0.15, 0.2) is 18.1 Å². The van der Waals surface area contributed by atoms with Crippen molar-refractivity contribution >= 4 is 15.9 Å². The van der Waals surface area contributed by atoms with Crippen molar-refractivity contribution in [1.82, 2.24) is 0 Å². The molecule has 0 aromatic heterocycles. The molecule has 0 spiro atoms. The van der Waals surface area contributed by atoms with Crippen molar-refractivity contribution in [3.63, 3.8) is 0 Å². The van der Waals surface area contributed by atoms with Crippen LogP contribution in [0.5, 0.6) is 11.5 Å². The smallest absolute Gasteiger partial charge is 0.174 e. The first-order valence-corrected chi connectivity index (χ1v) is 4.01. The van der Waals surface area contributed by atoms with Gasteiger partial charge in [0.25, 0.3) is 0 Å². The molecule has 0 saturated heterocycles. The van der Waals surface area contributed by atoms with E-state index < -0.39 is 0 Å². The number of ether oxygens (including phenoxy) is 1. The van der Waals surface area contributed by atoms with E-state index in [1.807, 2.05) is 6.07 Å². The Hall–Kier alpha value is -1.21. The second-order valence-corrected chi connectivity index (χ2v) is 2.97. The maximum Gasteiger partial charge on any atom is 0.174 e. The van der Waals surface area contributed by atoms with Gasteiger partial charge in [0.05, 0.1) is 0 Å². The zero-order chi connectivity index (χ0) is 8.97. The molecule has 1 rings (SSSR count). The highest BCUT2D eigenvalue weighted by molar-refractivity contribution is 9.10. The topological polar surface area (TPSA) is 53.2 Å². The molecule has 0 unspecified atom stereocenters. The van der Waals surface area contributed by atoms with Crippen LogP contribution in [0.25, 0.3) is 0 Å². The molecular weight excluding hydrogens is 222 g/mol. The second-order valence-electron chi connectivity index (χ2n) is 2.06. The molecule has 0 amide bonds. The van der Waals surface area contributed by atoms with Crippen LogP contribution in [0.15, 0.2) is 22.7 Å². The van der Waals surface area contributed by atoms with Gasteiger partial charge in [-0.1, -0.05) is 15.9 Å². The van der Waals surface area contributed by atoms with Crippen LogP contribution in [0.4, 0.5) is 0 Å². The molecule has 1 aromatic carbocycles. The number of hydrogen-bond donors (Lipinski definition) is 1. The predicted molar refractivity (Wildman–Crippen MR) is 46.9 cm³/mol. The maximum atomic E-state index is 9.21. The fourth-order valence-electron chi connectivity index (χ4n) is 0.714. The molecule has 0 saturated carbocycles. The minimum absolute atomic E-state index is 0.0356. The minimum Gasteiger partial charge on any atom is -0.504 e. The van der Waals surface area contributed by atoms with E-state index in [2.05, 4.69) is 15.9 Å². The number of benzene rings is 1. The van der Waals surface area contributed by atoms with Crippen molar-refractivity contribution in [2.24, 2.45) is 0 Å². The van der Waals surface area contributed by atoms with E-state index in [1.54, 1.807) is 12.1 Å². The van der Waals surface area contributed by atoms with Crippen molar-refractivity contribution in [1.29, 1.82) is 5.26 Å². The number of rotatable bonds is 2. The van der Waals surface area contributed by atoms with Crippen molar-refractivity contribution in [3.05, 3.63) is 22.7 Å². The summed E-state index contributed by atoms with van der Waals surface area (Å²) in [6.07, 6.45) is 0. The third-order valence-corrected chi connectivity index (χ3v) is 1.71. The molecule has 1 N–H and O–H groups in total. The van der Waals surface area contributed by atoms with Gasteiger partial charge in [-0.2, -0.15) is 5.26 Å². The van der Waals surface area contributed by atoms with Gasteiger partial charge in [0.2, 0.25) is 0 Å². The molecule has 0 heterocycles. The first kappa shape index (κ1) is 8.88. The van der Waals surface area contributed by atoms with Gasteiger partial charge < -0.3 is 9.84 Å². The van der Waals surface area contributed by atoms with Crippen LogP contribution >= 0.6 is 15.9 Å². The SMILES string of the molecule is N#CCOc1cc(Br)ccc1O. The lowest BCUT2D eigenvalue weighted by atomic mass is 10.3. The summed E-state index contributed by atoms with van der Waals surface area (Å²) < 4.78 is 5.72. The molecule has 62 valence electrons. The Bertz CT molecular complexity index is 319. The molecule has 0 radical (unpaired) electrons. The first-order valence-electron chi connectivity index (χ1n) is 3.22. The molecule has 3 nitrogen and oxygen atoms in total. The van der Waals surface area contributed by atoms with Crippen molar-refractivity contribution in [2.75, 3.05) is 6.61 Å². The molecule has 0 fully saturated rings. The van der Waals surface area contributed by atoms with E-state index in [0.29, 0.717) is 5.75 Å². The minimum atomic E-state index is -0.0655. The number of phenols is 1. The number of phenolic OH excluding ortho intramolecular Hbond substituents is 1. The van der Waals surface area contributed by atoms with E-state index in [0.717, 1.165) is 4.47 Å². The van der Waals surface area contributed by atoms with Crippen molar-refractivity contribution < 1.29 is 9.84 Å². The summed E-state index contributed by atoms with van der Waals surface area (Å²) in [5.74, 6) is 0.347. The second kappa shape index (κ2) is 3.98. The maximum absolute atomic E-state index is 9.21. The van der Waals surface area contributed by atoms with E-state index in [9.17, 15) is 5.11 Å². The van der Waals surface area contributed by atoms with Gasteiger partial charge >= 0.3 is 0 Å². The molecule has 1 aromatic rings. The Morgan fingerprint density at radius 3 is 3.00 bits per heavy atom. The molecule has 0 atom stereocenters. The summed E-state index contributed by atoms with van der Waals surface area (Å²) in [5.41, 5.74) is 0. The van der Waals surface area contributed by atoms with Crippen LogP contribution in [0.1, 0.15) is 0 Å². The first-order chi connectivity index (χ1) is 5.74. The molecule has 0 aliphatic carbocycles. The van der Waals surface area contributed by atoms with Gasteiger partial charge in [-0.3, -0.25) is 0 Å². The zero-order valence-corrected chi connectivity index (χ0v) is 7.71. The number of aromatic hydroxyl groups is 1. The number of nitriles is 1. The third-order valence-electron chi connectivity index (χ3n) is 1.21. The Morgan fingerprint density at radius 2 is 2.33 bits per heavy atom. The molecular formula is C8H6BrNO2. The average molecular weight is 228 g/mol. The third kappa shape index (κ3) is 2.14. The van der Waals surface area contributed by atoms with Gasteiger partial charge in [0.1, 0.15) is 6.07 Å². The van der Waals surface area contributed by atoms with E-state index in [1.165, 1.54) is 6.07 Å². The summed E-state index contributed by atoms with van der Waals surface area (Å²) in [5, 5.41) is 17.4. The Kier molecular flexibility index (Phi) is 2.94. The van der Waals surface area contributed by atoms with Gasteiger partial charge in [-0.15, -0.1) is 0 Å². The summed E-state index contributed by atoms with van der Waals surface area (Å²) in [7, 11) is 0. The zero-order valence-electron chi connectivity index (χ0n) is 6.12. The van der Waals surface area contributed by atoms with Crippen LogP contribution in [0, 0.1) is 11.3 Å². The van der Waals surface area contributed by atoms with Gasteiger partial charge in [0, 0.05) is 4.47 Å². The van der Waals surface area contributed by atoms with Crippen LogP contribution in [0.3, 0.4) is 0 Å². The Morgan fingerprint density at radius 1 is 1.58 bits per heavy atom. The van der Waals surface area contributed by atoms with Crippen LogP contribution in [-0.2, 0) is 0 Å². The van der Waals surface area contributed by atoms with E-state index in [-0.39, 0.29) is 12.4 Å². The van der Waals surface area contributed by atoms with Crippen LogP contribution < -0.4 is 4.74 Å². The Balaban J connectivity index is 2.84. The van der Waals surface area contributed by atoms with Crippen LogP contribution in [-0.4, -0.2) is 11.7 Å². The van der Waals surface area contributed by atoms with Crippen molar-refractivity contribution in [3.8, 4) is 17.6 Å². The molecule has 0 bridgehead atoms. The highest BCUT2D eigenvalue weighted by Gasteiger charge is 2.01. The fourth-order valence-corrected chi connectivity index (χ4v) is 1.05. The number of nitrogens with zero attached hydrogens (tertiary/aromatic N) is 1. The number of hydrogen-bond acceptors (Lipinski definition) is 3. The normalized spacial score (nSPS) is 9.00. The quantitative estimate of drug-likeness (QED) is 0.842. The summed E-state index contributed by atoms with van der Waals surface area (Å²) >= 11 is 3.21. The van der Waals surface area contributed by atoms with E-state index >= 15 is 0 Å². The van der Waals surface area contributed by atoms with E-state index in [4.69, 9.17) is 10.00 Å². The van der Waals surface area contributed by atoms with Crippen molar-refractivity contribution in [2.45, 2.75) is 0 Å². The molecule has 4 heteroatoms. The Labute approximate surface area is 78.3 Å². The van der Waals surface area contributed by atoms with Crippen LogP contribution in [0.2, 0.25) is 0 Å². The lowest BCUT2D eigenvalue weighted by molar-refractivity contribution is 0.340. The summed E-state index contributed by atoms with van der Waals surface area (Å²) in [4.78, 5) is 0.